The lowest BCUT2D eigenvalue weighted by Crippen LogP contribution is -2.02. The van der Waals surface area contributed by atoms with Crippen molar-refractivity contribution in [1.29, 1.82) is 0 Å². The van der Waals surface area contributed by atoms with Gasteiger partial charge in [-0.15, -0.1) is 0 Å². The van der Waals surface area contributed by atoms with Crippen LogP contribution in [0.4, 0.5) is 0 Å². The Kier molecular flexibility index (Phi) is 6.79. The van der Waals surface area contributed by atoms with Crippen LogP contribution in [0.1, 0.15) is 38.2 Å². The van der Waals surface area contributed by atoms with Crippen molar-refractivity contribution in [2.45, 2.75) is 39.0 Å². The molecule has 0 saturated heterocycles. The van der Waals surface area contributed by atoms with Crippen LogP contribution in [0.3, 0.4) is 0 Å². The van der Waals surface area contributed by atoms with E-state index in [4.69, 9.17) is 14.6 Å². The number of rotatable bonds is 9. The highest BCUT2D eigenvalue weighted by atomic mass is 16.5. The third-order valence-electron chi connectivity index (χ3n) is 2.84. The van der Waals surface area contributed by atoms with E-state index in [9.17, 15) is 4.79 Å². The zero-order valence-electron chi connectivity index (χ0n) is 11.6. The van der Waals surface area contributed by atoms with Crippen LogP contribution in [0.15, 0.2) is 18.2 Å². The van der Waals surface area contributed by atoms with Crippen LogP contribution >= 0.6 is 0 Å². The van der Waals surface area contributed by atoms with Gasteiger partial charge in [-0.1, -0.05) is 32.3 Å². The number of carboxylic acid groups (broad SMARTS) is 1. The molecule has 4 heteroatoms. The number of carbonyl (C=O) groups is 1. The first kappa shape index (κ1) is 15.3. The number of carboxylic acids is 1. The summed E-state index contributed by atoms with van der Waals surface area (Å²) in [5.74, 6) is 0.415. The second-order valence-corrected chi connectivity index (χ2v) is 4.46. The zero-order valence-corrected chi connectivity index (χ0v) is 11.6. The average Bonchev–Trinajstić information content (AvgIpc) is 2.39. The maximum absolute atomic E-state index is 10.7. The first-order valence-corrected chi connectivity index (χ1v) is 6.69. The molecule has 106 valence electrons. The Morgan fingerprint density at radius 1 is 1.21 bits per heavy atom. The van der Waals surface area contributed by atoms with Gasteiger partial charge in [0.2, 0.25) is 0 Å². The Morgan fingerprint density at radius 2 is 2.00 bits per heavy atom. The molecule has 0 bridgehead atoms. The highest BCUT2D eigenvalue weighted by Gasteiger charge is 2.08. The van der Waals surface area contributed by atoms with Gasteiger partial charge in [0.05, 0.1) is 20.1 Å². The standard InChI is InChI=1S/C15H22O4/c1-3-4-5-6-9-19-13-8-7-12(11-15(16)17)10-14(13)18-2/h7-8,10H,3-6,9,11H2,1-2H3,(H,16,17). The van der Waals surface area contributed by atoms with E-state index in [-0.39, 0.29) is 6.42 Å². The number of aliphatic carboxylic acids is 1. The molecule has 0 fully saturated rings. The largest absolute Gasteiger partial charge is 0.493 e. The van der Waals surface area contributed by atoms with Crippen molar-refractivity contribution >= 4 is 5.97 Å². The summed E-state index contributed by atoms with van der Waals surface area (Å²) in [7, 11) is 1.56. The van der Waals surface area contributed by atoms with Gasteiger partial charge >= 0.3 is 5.97 Å². The van der Waals surface area contributed by atoms with E-state index in [0.29, 0.717) is 23.7 Å². The van der Waals surface area contributed by atoms with E-state index >= 15 is 0 Å². The van der Waals surface area contributed by atoms with Gasteiger partial charge in [0.1, 0.15) is 0 Å². The molecule has 1 rings (SSSR count). The van der Waals surface area contributed by atoms with Crippen molar-refractivity contribution in [3.8, 4) is 11.5 Å². The van der Waals surface area contributed by atoms with E-state index in [1.165, 1.54) is 12.8 Å². The Bertz CT molecular complexity index is 401. The minimum absolute atomic E-state index is 0.00681. The number of ether oxygens (including phenoxy) is 2. The molecule has 1 N–H and O–H groups in total. The summed E-state index contributed by atoms with van der Waals surface area (Å²) in [5, 5.41) is 8.75. The van der Waals surface area contributed by atoms with Gasteiger partial charge < -0.3 is 14.6 Å². The van der Waals surface area contributed by atoms with Crippen LogP contribution in [0, 0.1) is 0 Å². The fraction of sp³-hybridized carbons (Fsp3) is 0.533. The Morgan fingerprint density at radius 3 is 2.63 bits per heavy atom. The minimum Gasteiger partial charge on any atom is -0.493 e. The van der Waals surface area contributed by atoms with E-state index in [2.05, 4.69) is 6.92 Å². The van der Waals surface area contributed by atoms with Crippen LogP contribution in [0.25, 0.3) is 0 Å². The number of benzene rings is 1. The van der Waals surface area contributed by atoms with Gasteiger partial charge in [-0.25, -0.2) is 0 Å². The minimum atomic E-state index is -0.852. The summed E-state index contributed by atoms with van der Waals surface area (Å²) >= 11 is 0. The highest BCUT2D eigenvalue weighted by molar-refractivity contribution is 5.70. The number of hydrogen-bond acceptors (Lipinski definition) is 3. The molecule has 0 aromatic heterocycles. The Labute approximate surface area is 114 Å². The second kappa shape index (κ2) is 8.40. The van der Waals surface area contributed by atoms with E-state index in [1.807, 2.05) is 0 Å². The molecule has 0 amide bonds. The Balaban J connectivity index is 2.55. The van der Waals surface area contributed by atoms with Crippen LogP contribution in [0.5, 0.6) is 11.5 Å². The van der Waals surface area contributed by atoms with Crippen LogP contribution < -0.4 is 9.47 Å². The zero-order chi connectivity index (χ0) is 14.1. The first-order valence-electron chi connectivity index (χ1n) is 6.69. The number of methoxy groups -OCH3 is 1. The van der Waals surface area contributed by atoms with Crippen molar-refractivity contribution in [2.75, 3.05) is 13.7 Å². The second-order valence-electron chi connectivity index (χ2n) is 4.46. The van der Waals surface area contributed by atoms with Crippen molar-refractivity contribution in [2.24, 2.45) is 0 Å². The monoisotopic (exact) mass is 266 g/mol. The molecule has 0 aliphatic rings. The van der Waals surface area contributed by atoms with Gasteiger partial charge in [0.25, 0.3) is 0 Å². The third kappa shape index (κ3) is 5.64. The summed E-state index contributed by atoms with van der Waals surface area (Å²) in [4.78, 5) is 10.7. The molecule has 0 radical (unpaired) electrons. The van der Waals surface area contributed by atoms with Crippen molar-refractivity contribution in [1.82, 2.24) is 0 Å². The normalized spacial score (nSPS) is 10.2. The molecule has 0 heterocycles. The summed E-state index contributed by atoms with van der Waals surface area (Å²) < 4.78 is 10.9. The molecule has 4 nitrogen and oxygen atoms in total. The maximum Gasteiger partial charge on any atom is 0.307 e. The lowest BCUT2D eigenvalue weighted by Gasteiger charge is -2.11. The predicted octanol–water partition coefficient (Wildman–Crippen LogP) is 3.28. The molecule has 0 unspecified atom stereocenters. The molecular weight excluding hydrogens is 244 g/mol. The van der Waals surface area contributed by atoms with Crippen molar-refractivity contribution in [3.05, 3.63) is 23.8 Å². The quantitative estimate of drug-likeness (QED) is 0.697. The number of unbranched alkanes of at least 4 members (excludes halogenated alkanes) is 3. The van der Waals surface area contributed by atoms with E-state index < -0.39 is 5.97 Å². The predicted molar refractivity (Wildman–Crippen MR) is 74.0 cm³/mol. The molecule has 1 aromatic rings. The van der Waals surface area contributed by atoms with Gasteiger partial charge in [0, 0.05) is 0 Å². The lowest BCUT2D eigenvalue weighted by molar-refractivity contribution is -0.136. The van der Waals surface area contributed by atoms with Crippen LogP contribution in [0.2, 0.25) is 0 Å². The number of hydrogen-bond donors (Lipinski definition) is 1. The first-order chi connectivity index (χ1) is 9.17. The third-order valence-corrected chi connectivity index (χ3v) is 2.84. The summed E-state index contributed by atoms with van der Waals surface area (Å²) in [6, 6.07) is 5.25. The molecule has 0 aliphatic heterocycles. The lowest BCUT2D eigenvalue weighted by atomic mass is 10.1. The van der Waals surface area contributed by atoms with Crippen LogP contribution in [-0.4, -0.2) is 24.8 Å². The van der Waals surface area contributed by atoms with E-state index in [0.717, 1.165) is 12.8 Å². The Hall–Kier alpha value is -1.71. The molecule has 0 saturated carbocycles. The summed E-state index contributed by atoms with van der Waals surface area (Å²) in [6.07, 6.45) is 4.60. The summed E-state index contributed by atoms with van der Waals surface area (Å²) in [5.41, 5.74) is 0.711. The van der Waals surface area contributed by atoms with Gasteiger partial charge in [0.15, 0.2) is 11.5 Å². The van der Waals surface area contributed by atoms with Gasteiger partial charge in [-0.3, -0.25) is 4.79 Å². The topological polar surface area (TPSA) is 55.8 Å². The molecule has 1 aromatic carbocycles. The molecule has 0 atom stereocenters. The molecular formula is C15H22O4. The average molecular weight is 266 g/mol. The molecule has 0 spiro atoms. The van der Waals surface area contributed by atoms with E-state index in [1.54, 1.807) is 25.3 Å². The van der Waals surface area contributed by atoms with Crippen molar-refractivity contribution in [3.63, 3.8) is 0 Å². The van der Waals surface area contributed by atoms with Gasteiger partial charge in [-0.2, -0.15) is 0 Å². The molecule has 19 heavy (non-hydrogen) atoms. The smallest absolute Gasteiger partial charge is 0.307 e. The fourth-order valence-corrected chi connectivity index (χ4v) is 1.83. The fourth-order valence-electron chi connectivity index (χ4n) is 1.83. The molecule has 0 aliphatic carbocycles. The highest BCUT2D eigenvalue weighted by Crippen LogP contribution is 2.28. The SMILES string of the molecule is CCCCCCOc1ccc(CC(=O)O)cc1OC. The van der Waals surface area contributed by atoms with Gasteiger partial charge in [-0.05, 0) is 24.1 Å². The summed E-state index contributed by atoms with van der Waals surface area (Å²) in [6.45, 7) is 2.83. The van der Waals surface area contributed by atoms with Crippen LogP contribution in [-0.2, 0) is 11.2 Å². The maximum atomic E-state index is 10.7. The van der Waals surface area contributed by atoms with Crippen molar-refractivity contribution < 1.29 is 19.4 Å².